The highest BCUT2D eigenvalue weighted by molar-refractivity contribution is 5.64. The molecule has 1 aliphatic rings. The van der Waals surface area contributed by atoms with E-state index in [9.17, 15) is 0 Å². The molecule has 0 bridgehead atoms. The Labute approximate surface area is 210 Å². The molecule has 0 unspecified atom stereocenters. The third kappa shape index (κ3) is 9.47. The van der Waals surface area contributed by atoms with Gasteiger partial charge in [-0.05, 0) is 78.7 Å². The van der Waals surface area contributed by atoms with Gasteiger partial charge in [0.05, 0.1) is 6.61 Å². The minimum atomic E-state index is 0.761. The van der Waals surface area contributed by atoms with E-state index in [1.165, 1.54) is 100 Å². The molecule has 0 spiro atoms. The van der Waals surface area contributed by atoms with Gasteiger partial charge >= 0.3 is 0 Å². The van der Waals surface area contributed by atoms with Crippen LogP contribution >= 0.6 is 0 Å². The fraction of sp³-hybridized carbons (Fsp3) is 0.636. The van der Waals surface area contributed by atoms with Crippen LogP contribution in [-0.4, -0.2) is 6.61 Å². The molecule has 0 amide bonds. The summed E-state index contributed by atoms with van der Waals surface area (Å²) in [4.78, 5) is 0. The van der Waals surface area contributed by atoms with Gasteiger partial charge in [-0.1, -0.05) is 115 Å². The van der Waals surface area contributed by atoms with Gasteiger partial charge in [0.1, 0.15) is 5.75 Å². The van der Waals surface area contributed by atoms with Crippen molar-refractivity contribution in [1.29, 1.82) is 0 Å². The van der Waals surface area contributed by atoms with Crippen LogP contribution in [0.25, 0.3) is 11.1 Å². The minimum absolute atomic E-state index is 0.761. The molecule has 1 aliphatic carbocycles. The maximum absolute atomic E-state index is 5.98. The molecule has 34 heavy (non-hydrogen) atoms. The summed E-state index contributed by atoms with van der Waals surface area (Å²) >= 11 is 0. The zero-order valence-electron chi connectivity index (χ0n) is 22.4. The molecule has 1 saturated carbocycles. The predicted octanol–water partition coefficient (Wildman–Crippen LogP) is 10.6. The third-order valence-electron chi connectivity index (χ3n) is 7.84. The summed E-state index contributed by atoms with van der Waals surface area (Å²) < 4.78 is 5.98. The van der Waals surface area contributed by atoms with Crippen molar-refractivity contribution in [3.63, 3.8) is 0 Å². The van der Waals surface area contributed by atoms with Gasteiger partial charge in [-0.3, -0.25) is 0 Å². The van der Waals surface area contributed by atoms with Crippen LogP contribution in [0, 0.1) is 11.8 Å². The zero-order chi connectivity index (χ0) is 24.0. The highest BCUT2D eigenvalue weighted by Crippen LogP contribution is 2.38. The summed E-state index contributed by atoms with van der Waals surface area (Å²) in [7, 11) is 0. The molecule has 0 aromatic heterocycles. The number of unbranched alkanes of at least 4 members (excludes halogenated alkanes) is 7. The van der Waals surface area contributed by atoms with Crippen LogP contribution < -0.4 is 4.74 Å². The van der Waals surface area contributed by atoms with Crippen molar-refractivity contribution in [3.8, 4) is 16.9 Å². The van der Waals surface area contributed by atoms with Crippen molar-refractivity contribution in [3.05, 3.63) is 54.1 Å². The zero-order valence-corrected chi connectivity index (χ0v) is 22.4. The molecule has 0 atom stereocenters. The molecule has 1 nitrogen and oxygen atoms in total. The summed E-state index contributed by atoms with van der Waals surface area (Å²) in [6.45, 7) is 7.82. The van der Waals surface area contributed by atoms with Crippen molar-refractivity contribution >= 4 is 0 Å². The maximum atomic E-state index is 5.98. The monoisotopic (exact) mass is 462 g/mol. The molecule has 0 saturated heterocycles. The second kappa shape index (κ2) is 15.3. The largest absolute Gasteiger partial charge is 0.494 e. The normalized spacial score (nSPS) is 18.4. The summed E-state index contributed by atoms with van der Waals surface area (Å²) in [5.41, 5.74) is 4.13. The van der Waals surface area contributed by atoms with Crippen molar-refractivity contribution < 1.29 is 4.74 Å². The first-order valence-corrected chi connectivity index (χ1v) is 14.5. The van der Waals surface area contributed by atoms with E-state index in [0.29, 0.717) is 0 Å². The first-order chi connectivity index (χ1) is 16.7. The summed E-state index contributed by atoms with van der Waals surface area (Å²) in [6.07, 6.45) is 19.1. The highest BCUT2D eigenvalue weighted by atomic mass is 16.5. The quantitative estimate of drug-likeness (QED) is 0.239. The maximum Gasteiger partial charge on any atom is 0.119 e. The SMILES string of the molecule is CCCCCCCCCCOc1ccc(-c2ccc(C3CCC(CCC(C)C)CC3)cc2)cc1. The first-order valence-electron chi connectivity index (χ1n) is 14.5. The standard InChI is InChI=1S/C33H50O/c1-4-5-6-7-8-9-10-11-26-34-33-24-22-32(23-25-33)31-20-18-30(19-21-31)29-16-14-28(15-17-29)13-12-27(2)3/h18-25,27-29H,4-17,26H2,1-3H3. The van der Waals surface area contributed by atoms with Gasteiger partial charge < -0.3 is 4.74 Å². The Morgan fingerprint density at radius 2 is 1.26 bits per heavy atom. The Hall–Kier alpha value is -1.76. The number of rotatable bonds is 15. The van der Waals surface area contributed by atoms with E-state index in [0.717, 1.165) is 36.5 Å². The second-order valence-electron chi connectivity index (χ2n) is 11.2. The fourth-order valence-corrected chi connectivity index (χ4v) is 5.47. The minimum Gasteiger partial charge on any atom is -0.494 e. The van der Waals surface area contributed by atoms with Crippen LogP contribution in [0.2, 0.25) is 0 Å². The Morgan fingerprint density at radius 1 is 0.706 bits per heavy atom. The van der Waals surface area contributed by atoms with Crippen LogP contribution in [0.4, 0.5) is 0 Å². The molecule has 1 heteroatoms. The lowest BCUT2D eigenvalue weighted by Crippen LogP contribution is -2.14. The third-order valence-corrected chi connectivity index (χ3v) is 7.84. The lowest BCUT2D eigenvalue weighted by Gasteiger charge is -2.29. The summed E-state index contributed by atoms with van der Waals surface area (Å²) in [5.74, 6) is 3.57. The number of benzene rings is 2. The predicted molar refractivity (Wildman–Crippen MR) is 149 cm³/mol. The molecule has 0 N–H and O–H groups in total. The van der Waals surface area contributed by atoms with Gasteiger partial charge in [0, 0.05) is 0 Å². The van der Waals surface area contributed by atoms with Crippen molar-refractivity contribution in [2.24, 2.45) is 11.8 Å². The van der Waals surface area contributed by atoms with E-state index in [1.54, 1.807) is 0 Å². The van der Waals surface area contributed by atoms with Gasteiger partial charge in [0.25, 0.3) is 0 Å². The Kier molecular flexibility index (Phi) is 12.1. The second-order valence-corrected chi connectivity index (χ2v) is 11.2. The number of hydrogen-bond donors (Lipinski definition) is 0. The van der Waals surface area contributed by atoms with E-state index in [1.807, 2.05) is 0 Å². The van der Waals surface area contributed by atoms with Crippen LogP contribution in [0.5, 0.6) is 5.75 Å². The van der Waals surface area contributed by atoms with E-state index in [4.69, 9.17) is 4.74 Å². The lowest BCUT2D eigenvalue weighted by molar-refractivity contribution is 0.293. The average molecular weight is 463 g/mol. The molecule has 188 valence electrons. The van der Waals surface area contributed by atoms with Gasteiger partial charge in [0.2, 0.25) is 0 Å². The van der Waals surface area contributed by atoms with E-state index >= 15 is 0 Å². The molecular weight excluding hydrogens is 412 g/mol. The topological polar surface area (TPSA) is 9.23 Å². The van der Waals surface area contributed by atoms with Gasteiger partial charge in [-0.25, -0.2) is 0 Å². The molecule has 3 rings (SSSR count). The van der Waals surface area contributed by atoms with Gasteiger partial charge in [0.15, 0.2) is 0 Å². The van der Waals surface area contributed by atoms with Crippen molar-refractivity contribution in [2.75, 3.05) is 6.61 Å². The molecule has 1 fully saturated rings. The smallest absolute Gasteiger partial charge is 0.119 e. The lowest BCUT2D eigenvalue weighted by atomic mass is 9.76. The highest BCUT2D eigenvalue weighted by Gasteiger charge is 2.22. The van der Waals surface area contributed by atoms with Crippen molar-refractivity contribution in [1.82, 2.24) is 0 Å². The molecule has 0 aliphatic heterocycles. The average Bonchev–Trinajstić information content (AvgIpc) is 2.87. The number of ether oxygens (including phenoxy) is 1. The Bertz CT molecular complexity index is 765. The van der Waals surface area contributed by atoms with Gasteiger partial charge in [-0.2, -0.15) is 0 Å². The Balaban J connectivity index is 1.36. The van der Waals surface area contributed by atoms with E-state index < -0.39 is 0 Å². The molecule has 2 aromatic carbocycles. The van der Waals surface area contributed by atoms with Crippen molar-refractivity contribution in [2.45, 2.75) is 117 Å². The van der Waals surface area contributed by atoms with Crippen LogP contribution in [0.3, 0.4) is 0 Å². The molecule has 2 aromatic rings. The van der Waals surface area contributed by atoms with E-state index in [2.05, 4.69) is 69.3 Å². The first kappa shape index (κ1) is 26.8. The molecule has 0 heterocycles. The summed E-state index contributed by atoms with van der Waals surface area (Å²) in [6, 6.07) is 18.1. The summed E-state index contributed by atoms with van der Waals surface area (Å²) in [5, 5.41) is 0. The van der Waals surface area contributed by atoms with Crippen LogP contribution in [0.15, 0.2) is 48.5 Å². The van der Waals surface area contributed by atoms with Gasteiger partial charge in [-0.15, -0.1) is 0 Å². The van der Waals surface area contributed by atoms with E-state index in [-0.39, 0.29) is 0 Å². The molecule has 0 radical (unpaired) electrons. The fourth-order valence-electron chi connectivity index (χ4n) is 5.47. The number of hydrogen-bond acceptors (Lipinski definition) is 1. The Morgan fingerprint density at radius 3 is 1.85 bits per heavy atom. The van der Waals surface area contributed by atoms with Crippen LogP contribution in [0.1, 0.15) is 122 Å². The molecular formula is C33H50O. The van der Waals surface area contributed by atoms with Crippen LogP contribution in [-0.2, 0) is 0 Å².